The Bertz CT molecular complexity index is 485. The number of hydrogen-bond acceptors (Lipinski definition) is 3. The SMILES string of the molecule is COc1ccccc1C(C)NCc1ccccn1. The lowest BCUT2D eigenvalue weighted by Crippen LogP contribution is -2.19. The first kappa shape index (κ1) is 12.6. The van der Waals surface area contributed by atoms with E-state index in [9.17, 15) is 0 Å². The lowest BCUT2D eigenvalue weighted by Gasteiger charge is -2.16. The minimum absolute atomic E-state index is 0.225. The number of para-hydroxylation sites is 1. The van der Waals surface area contributed by atoms with Crippen molar-refractivity contribution < 1.29 is 4.74 Å². The van der Waals surface area contributed by atoms with E-state index < -0.39 is 0 Å². The summed E-state index contributed by atoms with van der Waals surface area (Å²) in [6.07, 6.45) is 1.81. The van der Waals surface area contributed by atoms with E-state index in [1.165, 1.54) is 0 Å². The Morgan fingerprint density at radius 2 is 1.94 bits per heavy atom. The summed E-state index contributed by atoms with van der Waals surface area (Å²) in [5.41, 5.74) is 2.20. The normalized spacial score (nSPS) is 12.1. The summed E-state index contributed by atoms with van der Waals surface area (Å²) in [5.74, 6) is 0.915. The molecular formula is C15H18N2O. The first-order valence-corrected chi connectivity index (χ1v) is 6.07. The molecule has 0 saturated carbocycles. The molecule has 2 aromatic rings. The van der Waals surface area contributed by atoms with Crippen LogP contribution in [0, 0.1) is 0 Å². The quantitative estimate of drug-likeness (QED) is 0.875. The Morgan fingerprint density at radius 1 is 1.17 bits per heavy atom. The van der Waals surface area contributed by atoms with E-state index in [1.807, 2.05) is 42.6 Å². The molecule has 18 heavy (non-hydrogen) atoms. The van der Waals surface area contributed by atoms with Crippen molar-refractivity contribution >= 4 is 0 Å². The maximum Gasteiger partial charge on any atom is 0.123 e. The van der Waals surface area contributed by atoms with Crippen LogP contribution >= 0.6 is 0 Å². The molecule has 94 valence electrons. The molecule has 0 spiro atoms. The van der Waals surface area contributed by atoms with E-state index >= 15 is 0 Å². The lowest BCUT2D eigenvalue weighted by molar-refractivity contribution is 0.401. The van der Waals surface area contributed by atoms with Crippen LogP contribution in [0.4, 0.5) is 0 Å². The molecule has 2 rings (SSSR count). The van der Waals surface area contributed by atoms with Crippen molar-refractivity contribution in [3.8, 4) is 5.75 Å². The molecule has 0 aliphatic carbocycles. The second kappa shape index (κ2) is 6.17. The van der Waals surface area contributed by atoms with E-state index in [1.54, 1.807) is 7.11 Å². The summed E-state index contributed by atoms with van der Waals surface area (Å²) in [6, 6.07) is 14.2. The highest BCUT2D eigenvalue weighted by molar-refractivity contribution is 5.35. The van der Waals surface area contributed by atoms with Crippen LogP contribution in [0.15, 0.2) is 48.7 Å². The van der Waals surface area contributed by atoms with Gasteiger partial charge in [0.05, 0.1) is 12.8 Å². The molecule has 0 radical (unpaired) electrons. The molecule has 1 N–H and O–H groups in total. The molecule has 1 aromatic carbocycles. The second-order valence-corrected chi connectivity index (χ2v) is 4.17. The van der Waals surface area contributed by atoms with Gasteiger partial charge in [0.25, 0.3) is 0 Å². The molecule has 1 heterocycles. The molecule has 0 amide bonds. The van der Waals surface area contributed by atoms with Crippen molar-refractivity contribution in [3.05, 3.63) is 59.9 Å². The van der Waals surface area contributed by atoms with E-state index in [0.717, 1.165) is 23.6 Å². The Balaban J connectivity index is 2.01. The van der Waals surface area contributed by atoms with Crippen LogP contribution < -0.4 is 10.1 Å². The van der Waals surface area contributed by atoms with Crippen LogP contribution in [0.5, 0.6) is 5.75 Å². The van der Waals surface area contributed by atoms with E-state index in [2.05, 4.69) is 23.3 Å². The molecule has 0 saturated heterocycles. The Kier molecular flexibility index (Phi) is 4.31. The fraction of sp³-hybridized carbons (Fsp3) is 0.267. The topological polar surface area (TPSA) is 34.1 Å². The molecule has 1 aromatic heterocycles. The maximum atomic E-state index is 5.36. The van der Waals surface area contributed by atoms with Gasteiger partial charge in [-0.05, 0) is 25.1 Å². The fourth-order valence-electron chi connectivity index (χ4n) is 1.89. The van der Waals surface area contributed by atoms with Crippen LogP contribution in [-0.4, -0.2) is 12.1 Å². The number of benzene rings is 1. The Hall–Kier alpha value is -1.87. The van der Waals surface area contributed by atoms with Gasteiger partial charge in [-0.25, -0.2) is 0 Å². The maximum absolute atomic E-state index is 5.36. The van der Waals surface area contributed by atoms with Crippen LogP contribution in [0.3, 0.4) is 0 Å². The minimum atomic E-state index is 0.225. The fourth-order valence-corrected chi connectivity index (χ4v) is 1.89. The van der Waals surface area contributed by atoms with E-state index in [4.69, 9.17) is 4.74 Å². The van der Waals surface area contributed by atoms with Crippen LogP contribution in [0.2, 0.25) is 0 Å². The van der Waals surface area contributed by atoms with E-state index in [0.29, 0.717) is 0 Å². The monoisotopic (exact) mass is 242 g/mol. The molecule has 3 heteroatoms. The minimum Gasteiger partial charge on any atom is -0.496 e. The second-order valence-electron chi connectivity index (χ2n) is 4.17. The van der Waals surface area contributed by atoms with Gasteiger partial charge in [0.15, 0.2) is 0 Å². The van der Waals surface area contributed by atoms with Gasteiger partial charge in [0.1, 0.15) is 5.75 Å². The summed E-state index contributed by atoms with van der Waals surface area (Å²) >= 11 is 0. The van der Waals surface area contributed by atoms with Gasteiger partial charge >= 0.3 is 0 Å². The first-order valence-electron chi connectivity index (χ1n) is 6.07. The third kappa shape index (κ3) is 3.08. The third-order valence-electron chi connectivity index (χ3n) is 2.92. The predicted molar refractivity (Wildman–Crippen MR) is 72.5 cm³/mol. The molecule has 0 aliphatic heterocycles. The molecule has 0 bridgehead atoms. The average molecular weight is 242 g/mol. The van der Waals surface area contributed by atoms with E-state index in [-0.39, 0.29) is 6.04 Å². The van der Waals surface area contributed by atoms with Gasteiger partial charge in [-0.1, -0.05) is 24.3 Å². The van der Waals surface area contributed by atoms with Crippen LogP contribution in [0.1, 0.15) is 24.2 Å². The van der Waals surface area contributed by atoms with Gasteiger partial charge in [-0.15, -0.1) is 0 Å². The zero-order valence-electron chi connectivity index (χ0n) is 10.8. The zero-order chi connectivity index (χ0) is 12.8. The lowest BCUT2D eigenvalue weighted by atomic mass is 10.1. The summed E-state index contributed by atoms with van der Waals surface area (Å²) in [6.45, 7) is 2.88. The van der Waals surface area contributed by atoms with Gasteiger partial charge < -0.3 is 10.1 Å². The summed E-state index contributed by atoms with van der Waals surface area (Å²) in [5, 5.41) is 3.45. The first-order chi connectivity index (χ1) is 8.81. The van der Waals surface area contributed by atoms with Crippen molar-refractivity contribution in [1.29, 1.82) is 0 Å². The number of ether oxygens (including phenoxy) is 1. The van der Waals surface area contributed by atoms with Crippen molar-refractivity contribution in [1.82, 2.24) is 10.3 Å². The highest BCUT2D eigenvalue weighted by Crippen LogP contribution is 2.24. The van der Waals surface area contributed by atoms with Gasteiger partial charge in [0.2, 0.25) is 0 Å². The number of rotatable bonds is 5. The Morgan fingerprint density at radius 3 is 2.67 bits per heavy atom. The van der Waals surface area contributed by atoms with Crippen LogP contribution in [-0.2, 0) is 6.54 Å². The standard InChI is InChI=1S/C15H18N2O/c1-12(14-8-3-4-9-15(14)18-2)17-11-13-7-5-6-10-16-13/h3-10,12,17H,11H2,1-2H3. The number of nitrogens with zero attached hydrogens (tertiary/aromatic N) is 1. The largest absolute Gasteiger partial charge is 0.496 e. The van der Waals surface area contributed by atoms with Crippen molar-refractivity contribution in [2.75, 3.05) is 7.11 Å². The highest BCUT2D eigenvalue weighted by atomic mass is 16.5. The number of nitrogens with one attached hydrogen (secondary N) is 1. The zero-order valence-corrected chi connectivity index (χ0v) is 10.8. The van der Waals surface area contributed by atoms with Gasteiger partial charge in [-0.2, -0.15) is 0 Å². The molecule has 1 unspecified atom stereocenters. The van der Waals surface area contributed by atoms with Crippen molar-refractivity contribution in [2.45, 2.75) is 19.5 Å². The smallest absolute Gasteiger partial charge is 0.123 e. The summed E-state index contributed by atoms with van der Waals surface area (Å²) < 4.78 is 5.36. The molecular weight excluding hydrogens is 224 g/mol. The van der Waals surface area contributed by atoms with Crippen molar-refractivity contribution in [3.63, 3.8) is 0 Å². The number of methoxy groups -OCH3 is 1. The predicted octanol–water partition coefficient (Wildman–Crippen LogP) is 2.94. The Labute approximate surface area is 108 Å². The molecule has 1 atom stereocenters. The number of hydrogen-bond donors (Lipinski definition) is 1. The number of pyridine rings is 1. The molecule has 3 nitrogen and oxygen atoms in total. The summed E-state index contributed by atoms with van der Waals surface area (Å²) in [4.78, 5) is 4.29. The third-order valence-corrected chi connectivity index (χ3v) is 2.92. The highest BCUT2D eigenvalue weighted by Gasteiger charge is 2.09. The molecule has 0 fully saturated rings. The van der Waals surface area contributed by atoms with Crippen LogP contribution in [0.25, 0.3) is 0 Å². The van der Waals surface area contributed by atoms with Gasteiger partial charge in [-0.3, -0.25) is 4.98 Å². The summed E-state index contributed by atoms with van der Waals surface area (Å²) in [7, 11) is 1.70. The van der Waals surface area contributed by atoms with Crippen molar-refractivity contribution in [2.24, 2.45) is 0 Å². The molecule has 0 aliphatic rings. The number of aromatic nitrogens is 1. The average Bonchev–Trinajstić information content (AvgIpc) is 2.45. The van der Waals surface area contributed by atoms with Gasteiger partial charge in [0, 0.05) is 24.3 Å².